The van der Waals surface area contributed by atoms with Gasteiger partial charge in [0, 0.05) is 24.1 Å². The molecule has 4 radical (unpaired) electrons. The minimum Gasteiger partial charge on any atom is -0.353 e. The van der Waals surface area contributed by atoms with E-state index in [0.29, 0.717) is 5.82 Å². The van der Waals surface area contributed by atoms with Crippen molar-refractivity contribution in [1.29, 1.82) is 0 Å². The Morgan fingerprint density at radius 3 is 2.24 bits per heavy atom. The smallest absolute Gasteiger partial charge is 0.263 e. The summed E-state index contributed by atoms with van der Waals surface area (Å²) in [4.78, 5) is 9.21. The van der Waals surface area contributed by atoms with Crippen molar-refractivity contribution in [3.63, 3.8) is 0 Å². The summed E-state index contributed by atoms with van der Waals surface area (Å²) in [6.45, 7) is 3.17. The number of anilines is 1. The molecule has 0 unspecified atom stereocenters. The highest BCUT2D eigenvalue weighted by molar-refractivity contribution is 7.86. The maximum atomic E-state index is 11.3. The van der Waals surface area contributed by atoms with Crippen LogP contribution in [0.15, 0.2) is 6.07 Å². The molecule has 0 aliphatic heterocycles. The number of rotatable bonds is 5. The van der Waals surface area contributed by atoms with Gasteiger partial charge in [0.15, 0.2) is 0 Å². The van der Waals surface area contributed by atoms with Crippen molar-refractivity contribution in [3.05, 3.63) is 16.5 Å². The van der Waals surface area contributed by atoms with Gasteiger partial charge in [0.05, 0.1) is 6.26 Å². The van der Waals surface area contributed by atoms with E-state index in [-0.39, 0.29) is 10.4 Å². The zero-order valence-electron chi connectivity index (χ0n) is 12.0. The number of aromatic nitrogens is 2. The van der Waals surface area contributed by atoms with Crippen LogP contribution in [0.1, 0.15) is 13.8 Å². The minimum absolute atomic E-state index is 0.0659. The Kier molecular flexibility index (Phi) is 5.25. The van der Waals surface area contributed by atoms with Crippen molar-refractivity contribution >= 4 is 54.8 Å². The van der Waals surface area contributed by atoms with E-state index in [1.165, 1.54) is 11.0 Å². The van der Waals surface area contributed by atoms with Gasteiger partial charge in [-0.15, -0.1) is 0 Å². The number of likely N-dealkylation sites (N-methyl/N-ethyl adjacent to an activating group) is 1. The maximum Gasteiger partial charge on any atom is 0.263 e. The molecule has 0 fully saturated rings. The highest BCUT2D eigenvalue weighted by Gasteiger charge is 2.43. The zero-order chi connectivity index (χ0) is 16.6. The predicted molar refractivity (Wildman–Crippen MR) is 84.7 cm³/mol. The lowest BCUT2D eigenvalue weighted by molar-refractivity contribution is 0.166. The Bertz CT molecular complexity index is 620. The van der Waals surface area contributed by atoms with Gasteiger partial charge in [-0.05, 0) is 25.4 Å². The molecule has 1 aromatic heterocycles. The molecule has 6 nitrogen and oxygen atoms in total. The van der Waals surface area contributed by atoms with E-state index in [1.807, 2.05) is 0 Å². The predicted octanol–water partition coefficient (Wildman–Crippen LogP) is 0.965. The lowest BCUT2D eigenvalue weighted by Crippen LogP contribution is -2.63. The maximum absolute atomic E-state index is 11.3. The van der Waals surface area contributed by atoms with Crippen LogP contribution in [0.4, 0.5) is 5.82 Å². The fraction of sp³-hybridized carbons (Fsp3) is 0.600. The van der Waals surface area contributed by atoms with Crippen molar-refractivity contribution in [2.45, 2.75) is 24.8 Å². The molecule has 1 heterocycles. The van der Waals surface area contributed by atoms with Crippen molar-refractivity contribution < 1.29 is 12.6 Å². The van der Waals surface area contributed by atoms with Gasteiger partial charge in [-0.2, -0.15) is 8.42 Å². The molecular formula is C10H13B2Cl2N3O3S. The van der Waals surface area contributed by atoms with Crippen LogP contribution in [0.2, 0.25) is 10.4 Å². The van der Waals surface area contributed by atoms with Gasteiger partial charge < -0.3 is 4.90 Å². The van der Waals surface area contributed by atoms with E-state index in [9.17, 15) is 8.42 Å². The molecule has 0 aliphatic carbocycles. The molecule has 0 spiro atoms. The molecule has 0 aromatic carbocycles. The van der Waals surface area contributed by atoms with Crippen LogP contribution >= 0.6 is 23.2 Å². The molecule has 0 amide bonds. The van der Waals surface area contributed by atoms with E-state index >= 15 is 0 Å². The fourth-order valence-electron chi connectivity index (χ4n) is 1.45. The SMILES string of the molecule is [B]C([B])(OS(C)(=O)=O)C(C)(C)N(C)c1cc(Cl)nc(Cl)n1. The molecule has 1 rings (SSSR count). The van der Waals surface area contributed by atoms with Gasteiger partial charge in [0.25, 0.3) is 10.1 Å². The normalized spacial score (nSPS) is 13.2. The summed E-state index contributed by atoms with van der Waals surface area (Å²) in [5.41, 5.74) is -1.17. The summed E-state index contributed by atoms with van der Waals surface area (Å²) in [5.74, 6) is 0.308. The van der Waals surface area contributed by atoms with Crippen molar-refractivity contribution in [2.75, 3.05) is 18.2 Å². The number of hydrogen-bond donors (Lipinski definition) is 0. The summed E-state index contributed by atoms with van der Waals surface area (Å²) in [6.07, 6.45) is 0.857. The van der Waals surface area contributed by atoms with Gasteiger partial charge >= 0.3 is 0 Å². The molecule has 1 aromatic rings. The second kappa shape index (κ2) is 5.95. The Balaban J connectivity index is 3.21. The number of nitrogens with zero attached hydrogens (tertiary/aromatic N) is 3. The summed E-state index contributed by atoms with van der Waals surface area (Å²) < 4.78 is 27.4. The van der Waals surface area contributed by atoms with Crippen LogP contribution in [0.5, 0.6) is 0 Å². The van der Waals surface area contributed by atoms with E-state index < -0.39 is 21.1 Å². The molecule has 0 saturated heterocycles. The van der Waals surface area contributed by atoms with Gasteiger partial charge in [-0.3, -0.25) is 4.18 Å². The van der Waals surface area contributed by atoms with Gasteiger partial charge in [0.1, 0.15) is 26.7 Å². The molecular weight excluding hydrogens is 335 g/mol. The van der Waals surface area contributed by atoms with E-state index in [4.69, 9.17) is 43.1 Å². The third-order valence-electron chi connectivity index (χ3n) is 3.08. The number of halogens is 2. The van der Waals surface area contributed by atoms with Crippen LogP contribution in [0.25, 0.3) is 0 Å². The quantitative estimate of drug-likeness (QED) is 0.342. The zero-order valence-corrected chi connectivity index (χ0v) is 14.3. The van der Waals surface area contributed by atoms with Crippen molar-refractivity contribution in [1.82, 2.24) is 9.97 Å². The largest absolute Gasteiger partial charge is 0.353 e. The first kappa shape index (κ1) is 18.5. The first-order valence-corrected chi connectivity index (χ1v) is 8.26. The van der Waals surface area contributed by atoms with Crippen molar-refractivity contribution in [2.24, 2.45) is 0 Å². The lowest BCUT2D eigenvalue weighted by atomic mass is 9.55. The molecule has 0 bridgehead atoms. The standard InChI is InChI=1S/C10H13B2Cl2N3O3S/c1-9(2,10(11,12)20-21(4,18)19)17(3)7-5-6(13)15-8(14)16-7/h5H,1-4H3. The second-order valence-electron chi connectivity index (χ2n) is 5.02. The Labute approximate surface area is 137 Å². The molecule has 21 heavy (non-hydrogen) atoms. The van der Waals surface area contributed by atoms with Crippen LogP contribution in [0, 0.1) is 0 Å². The topological polar surface area (TPSA) is 72.4 Å². The molecule has 0 N–H and O–H groups in total. The highest BCUT2D eigenvalue weighted by atomic mass is 35.5. The Hall–Kier alpha value is -0.500. The molecule has 11 heteroatoms. The summed E-state index contributed by atoms with van der Waals surface area (Å²) in [7, 11) is 9.37. The Morgan fingerprint density at radius 1 is 1.29 bits per heavy atom. The molecule has 0 saturated carbocycles. The van der Waals surface area contributed by atoms with E-state index in [0.717, 1.165) is 6.26 Å². The lowest BCUT2D eigenvalue weighted by Gasteiger charge is -2.48. The number of hydrogen-bond acceptors (Lipinski definition) is 6. The van der Waals surface area contributed by atoms with E-state index in [2.05, 4.69) is 9.97 Å². The first-order chi connectivity index (χ1) is 9.26. The van der Waals surface area contributed by atoms with Gasteiger partial charge in [0.2, 0.25) is 5.28 Å². The summed E-state index contributed by atoms with van der Waals surface area (Å²) in [6, 6.07) is 1.44. The van der Waals surface area contributed by atoms with Crippen molar-refractivity contribution in [3.8, 4) is 0 Å². The third kappa shape index (κ3) is 4.48. The first-order valence-electron chi connectivity index (χ1n) is 5.68. The monoisotopic (exact) mass is 347 g/mol. The summed E-state index contributed by atoms with van der Waals surface area (Å²) in [5, 5.41) is -1.96. The van der Waals surface area contributed by atoms with Crippen LogP contribution < -0.4 is 4.90 Å². The van der Waals surface area contributed by atoms with Crippen LogP contribution in [-0.2, 0) is 14.3 Å². The van der Waals surface area contributed by atoms with Gasteiger partial charge in [-0.1, -0.05) is 11.6 Å². The fourth-order valence-corrected chi connectivity index (χ4v) is 2.55. The second-order valence-corrected chi connectivity index (χ2v) is 7.32. The Morgan fingerprint density at radius 2 is 1.81 bits per heavy atom. The molecule has 112 valence electrons. The third-order valence-corrected chi connectivity index (χ3v) is 4.02. The molecule has 0 atom stereocenters. The van der Waals surface area contributed by atoms with Crippen LogP contribution in [0.3, 0.4) is 0 Å². The molecule has 0 aliphatic rings. The average molecular weight is 348 g/mol. The van der Waals surface area contributed by atoms with E-state index in [1.54, 1.807) is 20.9 Å². The van der Waals surface area contributed by atoms with Crippen LogP contribution in [-0.4, -0.2) is 58.3 Å². The average Bonchev–Trinajstić information content (AvgIpc) is 2.22. The van der Waals surface area contributed by atoms with Gasteiger partial charge in [-0.25, -0.2) is 9.97 Å². The highest BCUT2D eigenvalue weighted by Crippen LogP contribution is 2.31. The minimum atomic E-state index is -3.86. The summed E-state index contributed by atoms with van der Waals surface area (Å²) >= 11 is 11.6.